The van der Waals surface area contributed by atoms with Crippen molar-refractivity contribution in [1.29, 1.82) is 0 Å². The first-order valence-corrected chi connectivity index (χ1v) is 6.67. The second-order valence-electron chi connectivity index (χ2n) is 5.10. The molecule has 106 valence electrons. The van der Waals surface area contributed by atoms with Gasteiger partial charge in [0.15, 0.2) is 0 Å². The molecule has 0 fully saturated rings. The lowest BCUT2D eigenvalue weighted by molar-refractivity contribution is 0.0926. The van der Waals surface area contributed by atoms with Crippen molar-refractivity contribution in [3.63, 3.8) is 0 Å². The minimum Gasteiger partial charge on any atom is -0.496 e. The van der Waals surface area contributed by atoms with Gasteiger partial charge in [-0.3, -0.25) is 9.59 Å². The third-order valence-electron chi connectivity index (χ3n) is 3.75. The Labute approximate surface area is 123 Å². The average molecular weight is 281 g/mol. The van der Waals surface area contributed by atoms with Crippen LogP contribution in [0.5, 0.6) is 5.75 Å². The zero-order valence-corrected chi connectivity index (χ0v) is 12.1. The lowest BCUT2D eigenvalue weighted by atomic mass is 10.1. The van der Waals surface area contributed by atoms with Gasteiger partial charge in [-0.1, -0.05) is 12.1 Å². The maximum Gasteiger partial charge on any atom is 0.266 e. The summed E-state index contributed by atoms with van der Waals surface area (Å²) in [4.78, 5) is 26.2. The quantitative estimate of drug-likeness (QED) is 0.795. The number of aryl methyl sites for hydroxylation is 2. The summed E-state index contributed by atoms with van der Waals surface area (Å²) in [7, 11) is 1.60. The zero-order valence-electron chi connectivity index (χ0n) is 12.1. The van der Waals surface area contributed by atoms with Crippen molar-refractivity contribution in [2.45, 2.75) is 13.8 Å². The molecule has 0 N–H and O–H groups in total. The van der Waals surface area contributed by atoms with E-state index < -0.39 is 0 Å². The van der Waals surface area contributed by atoms with Crippen LogP contribution in [0.1, 0.15) is 31.8 Å². The Kier molecular flexibility index (Phi) is 3.01. The van der Waals surface area contributed by atoms with E-state index in [1.807, 2.05) is 26.0 Å². The molecule has 4 nitrogen and oxygen atoms in total. The lowest BCUT2D eigenvalue weighted by Gasteiger charge is -2.18. The first-order valence-electron chi connectivity index (χ1n) is 6.67. The van der Waals surface area contributed by atoms with Crippen LogP contribution in [0.3, 0.4) is 0 Å². The summed E-state index contributed by atoms with van der Waals surface area (Å²) in [6.07, 6.45) is 0. The Bertz CT molecular complexity index is 730. The maximum absolute atomic E-state index is 12.5. The van der Waals surface area contributed by atoms with E-state index in [9.17, 15) is 9.59 Å². The number of benzene rings is 2. The van der Waals surface area contributed by atoms with Gasteiger partial charge in [-0.15, -0.1) is 0 Å². The molecule has 4 heteroatoms. The van der Waals surface area contributed by atoms with E-state index in [2.05, 4.69) is 0 Å². The standard InChI is InChI=1S/C17H15NO3/c1-10-9-15(21-3)11(2)8-14(10)18-16(19)12-6-4-5-7-13(12)17(18)20/h4-9H,1-3H3. The van der Waals surface area contributed by atoms with Crippen molar-refractivity contribution in [3.05, 3.63) is 58.7 Å². The molecule has 1 aliphatic heterocycles. The monoisotopic (exact) mass is 281 g/mol. The Morgan fingerprint density at radius 2 is 1.48 bits per heavy atom. The number of nitrogens with zero attached hydrogens (tertiary/aromatic N) is 1. The van der Waals surface area contributed by atoms with Crippen LogP contribution < -0.4 is 9.64 Å². The molecule has 0 aliphatic carbocycles. The van der Waals surface area contributed by atoms with Crippen molar-refractivity contribution in [3.8, 4) is 5.75 Å². The predicted octanol–water partition coefficient (Wildman–Crippen LogP) is 3.11. The Morgan fingerprint density at radius 1 is 0.905 bits per heavy atom. The summed E-state index contributed by atoms with van der Waals surface area (Å²) >= 11 is 0. The number of rotatable bonds is 2. The van der Waals surface area contributed by atoms with Crippen LogP contribution in [-0.2, 0) is 0 Å². The zero-order chi connectivity index (χ0) is 15.1. The third-order valence-corrected chi connectivity index (χ3v) is 3.75. The van der Waals surface area contributed by atoms with Crippen LogP contribution in [-0.4, -0.2) is 18.9 Å². The molecule has 21 heavy (non-hydrogen) atoms. The molecule has 0 atom stereocenters. The molecule has 3 rings (SSSR count). The molecule has 0 radical (unpaired) electrons. The minimum absolute atomic E-state index is 0.275. The Morgan fingerprint density at radius 3 is 2.00 bits per heavy atom. The van der Waals surface area contributed by atoms with Gasteiger partial charge in [0.1, 0.15) is 5.75 Å². The summed E-state index contributed by atoms with van der Waals surface area (Å²) in [6.45, 7) is 3.75. The van der Waals surface area contributed by atoms with Crippen LogP contribution in [0.25, 0.3) is 0 Å². The molecule has 1 aliphatic rings. The van der Waals surface area contributed by atoms with E-state index in [1.54, 1.807) is 31.4 Å². The summed E-state index contributed by atoms with van der Waals surface area (Å²) in [5, 5.41) is 0. The molecule has 0 bridgehead atoms. The molecule has 0 saturated carbocycles. The fraction of sp³-hybridized carbons (Fsp3) is 0.176. The summed E-state index contributed by atoms with van der Waals surface area (Å²) in [5.41, 5.74) is 3.23. The Hall–Kier alpha value is -2.62. The number of carbonyl (C=O) groups is 2. The highest BCUT2D eigenvalue weighted by Crippen LogP contribution is 2.34. The molecular formula is C17H15NO3. The number of ether oxygens (including phenoxy) is 1. The number of hydrogen-bond donors (Lipinski definition) is 0. The van der Waals surface area contributed by atoms with Gasteiger partial charge in [0.05, 0.1) is 23.9 Å². The molecule has 2 aromatic carbocycles. The molecule has 0 saturated heterocycles. The SMILES string of the molecule is COc1cc(C)c(N2C(=O)c3ccccc3C2=O)cc1C. The van der Waals surface area contributed by atoms with Crippen molar-refractivity contribution >= 4 is 17.5 Å². The van der Waals surface area contributed by atoms with E-state index in [1.165, 1.54) is 4.90 Å². The minimum atomic E-state index is -0.275. The number of amides is 2. The van der Waals surface area contributed by atoms with E-state index in [0.717, 1.165) is 16.9 Å². The average Bonchev–Trinajstić information content (AvgIpc) is 2.74. The van der Waals surface area contributed by atoms with Crippen LogP contribution >= 0.6 is 0 Å². The highest BCUT2D eigenvalue weighted by molar-refractivity contribution is 6.34. The number of anilines is 1. The van der Waals surface area contributed by atoms with Gasteiger partial charge in [0, 0.05) is 0 Å². The first-order chi connectivity index (χ1) is 10.0. The second-order valence-corrected chi connectivity index (χ2v) is 5.10. The molecule has 1 heterocycles. The number of hydrogen-bond acceptors (Lipinski definition) is 3. The summed E-state index contributed by atoms with van der Waals surface area (Å²) < 4.78 is 5.27. The number of imide groups is 1. The van der Waals surface area contributed by atoms with Crippen molar-refractivity contribution in [2.75, 3.05) is 12.0 Å². The fourth-order valence-electron chi connectivity index (χ4n) is 2.64. The van der Waals surface area contributed by atoms with E-state index in [-0.39, 0.29) is 11.8 Å². The highest BCUT2D eigenvalue weighted by atomic mass is 16.5. The van der Waals surface area contributed by atoms with Gasteiger partial charge in [0.25, 0.3) is 11.8 Å². The Balaban J connectivity index is 2.13. The molecule has 0 aromatic heterocycles. The van der Waals surface area contributed by atoms with Crippen molar-refractivity contribution in [1.82, 2.24) is 0 Å². The largest absolute Gasteiger partial charge is 0.496 e. The molecule has 0 spiro atoms. The number of methoxy groups -OCH3 is 1. The van der Waals surface area contributed by atoms with E-state index in [4.69, 9.17) is 4.74 Å². The van der Waals surface area contributed by atoms with E-state index >= 15 is 0 Å². The summed E-state index contributed by atoms with van der Waals surface area (Å²) in [6, 6.07) is 10.5. The van der Waals surface area contributed by atoms with Crippen molar-refractivity contribution in [2.24, 2.45) is 0 Å². The fourth-order valence-corrected chi connectivity index (χ4v) is 2.64. The van der Waals surface area contributed by atoms with Gasteiger partial charge in [-0.25, -0.2) is 4.90 Å². The highest BCUT2D eigenvalue weighted by Gasteiger charge is 2.37. The number of fused-ring (bicyclic) bond motifs is 1. The summed E-state index contributed by atoms with van der Waals surface area (Å²) in [5.74, 6) is 0.194. The second kappa shape index (κ2) is 4.74. The van der Waals surface area contributed by atoms with Crippen LogP contribution in [0, 0.1) is 13.8 Å². The smallest absolute Gasteiger partial charge is 0.266 e. The van der Waals surface area contributed by atoms with Gasteiger partial charge in [0.2, 0.25) is 0 Å². The van der Waals surface area contributed by atoms with Gasteiger partial charge in [-0.2, -0.15) is 0 Å². The first kappa shape index (κ1) is 13.4. The van der Waals surface area contributed by atoms with Gasteiger partial charge >= 0.3 is 0 Å². The topological polar surface area (TPSA) is 46.6 Å². The van der Waals surface area contributed by atoms with Crippen LogP contribution in [0.2, 0.25) is 0 Å². The van der Waals surface area contributed by atoms with Crippen LogP contribution in [0.15, 0.2) is 36.4 Å². The van der Waals surface area contributed by atoms with Crippen LogP contribution in [0.4, 0.5) is 5.69 Å². The van der Waals surface area contributed by atoms with Gasteiger partial charge in [-0.05, 0) is 49.2 Å². The normalized spacial score (nSPS) is 13.6. The molecular weight excluding hydrogens is 266 g/mol. The lowest BCUT2D eigenvalue weighted by Crippen LogP contribution is -2.30. The molecule has 2 amide bonds. The third kappa shape index (κ3) is 1.91. The predicted molar refractivity (Wildman–Crippen MR) is 80.1 cm³/mol. The van der Waals surface area contributed by atoms with Gasteiger partial charge < -0.3 is 4.74 Å². The maximum atomic E-state index is 12.5. The van der Waals surface area contributed by atoms with Crippen molar-refractivity contribution < 1.29 is 14.3 Å². The van der Waals surface area contributed by atoms with E-state index in [0.29, 0.717) is 16.8 Å². The molecule has 0 unspecified atom stereocenters. The molecule has 2 aromatic rings. The number of carbonyl (C=O) groups excluding carboxylic acids is 2.